The summed E-state index contributed by atoms with van der Waals surface area (Å²) >= 11 is 0. The molecule has 1 aromatic heterocycles. The van der Waals surface area contributed by atoms with E-state index >= 15 is 0 Å². The number of hydrogen-bond acceptors (Lipinski definition) is 2. The molecule has 2 nitrogen and oxygen atoms in total. The van der Waals surface area contributed by atoms with Gasteiger partial charge in [0, 0.05) is 6.42 Å². The van der Waals surface area contributed by atoms with Crippen molar-refractivity contribution < 1.29 is 4.42 Å². The summed E-state index contributed by atoms with van der Waals surface area (Å²) in [7, 11) is 0. The monoisotopic (exact) mass is 263 g/mol. The molecule has 108 valence electrons. The van der Waals surface area contributed by atoms with Crippen molar-refractivity contribution in [2.24, 2.45) is 17.6 Å². The van der Waals surface area contributed by atoms with Crippen LogP contribution < -0.4 is 5.73 Å². The molecule has 0 saturated heterocycles. The first-order valence-corrected chi connectivity index (χ1v) is 8.08. The van der Waals surface area contributed by atoms with E-state index in [-0.39, 0.29) is 6.04 Å². The number of hydrogen-bond donors (Lipinski definition) is 1. The molecule has 0 spiro atoms. The fourth-order valence-electron chi connectivity index (χ4n) is 3.32. The highest BCUT2D eigenvalue weighted by atomic mass is 16.3. The predicted molar refractivity (Wildman–Crippen MR) is 80.0 cm³/mol. The van der Waals surface area contributed by atoms with E-state index in [9.17, 15) is 0 Å². The van der Waals surface area contributed by atoms with Gasteiger partial charge in [-0.25, -0.2) is 0 Å². The van der Waals surface area contributed by atoms with Crippen molar-refractivity contribution >= 4 is 0 Å². The maximum absolute atomic E-state index is 6.39. The Morgan fingerprint density at radius 1 is 1.21 bits per heavy atom. The molecular weight excluding hydrogens is 234 g/mol. The van der Waals surface area contributed by atoms with Crippen LogP contribution in [-0.2, 0) is 6.42 Å². The maximum Gasteiger partial charge on any atom is 0.121 e. The second kappa shape index (κ2) is 7.14. The standard InChI is InChI=1S/C17H29NO/c1-3-5-6-13-7-9-14(10-8-13)17(18)16-12-11-15(4-2)19-16/h11-14,17H,3-10,18H2,1-2H3. The van der Waals surface area contributed by atoms with E-state index < -0.39 is 0 Å². The number of nitrogens with two attached hydrogens (primary N) is 1. The summed E-state index contributed by atoms with van der Waals surface area (Å²) in [6, 6.07) is 4.25. The summed E-state index contributed by atoms with van der Waals surface area (Å²) in [4.78, 5) is 0. The quantitative estimate of drug-likeness (QED) is 0.797. The lowest BCUT2D eigenvalue weighted by atomic mass is 9.76. The molecule has 19 heavy (non-hydrogen) atoms. The van der Waals surface area contributed by atoms with Gasteiger partial charge in [0.1, 0.15) is 11.5 Å². The van der Waals surface area contributed by atoms with Gasteiger partial charge in [0.15, 0.2) is 0 Å². The van der Waals surface area contributed by atoms with Crippen molar-refractivity contribution in [1.29, 1.82) is 0 Å². The number of furan rings is 1. The second-order valence-electron chi connectivity index (χ2n) is 6.11. The molecule has 1 aromatic rings. The van der Waals surface area contributed by atoms with E-state index in [2.05, 4.69) is 26.0 Å². The lowest BCUT2D eigenvalue weighted by Gasteiger charge is -2.31. The normalized spacial score (nSPS) is 25.4. The summed E-state index contributed by atoms with van der Waals surface area (Å²) in [5.41, 5.74) is 6.39. The molecule has 2 N–H and O–H groups in total. The van der Waals surface area contributed by atoms with Crippen molar-refractivity contribution in [3.05, 3.63) is 23.7 Å². The molecule has 1 unspecified atom stereocenters. The van der Waals surface area contributed by atoms with Crippen LogP contribution in [0.4, 0.5) is 0 Å². The molecule has 1 aliphatic carbocycles. The highest BCUT2D eigenvalue weighted by Gasteiger charge is 2.27. The first-order chi connectivity index (χ1) is 9.24. The van der Waals surface area contributed by atoms with Gasteiger partial charge in [-0.2, -0.15) is 0 Å². The van der Waals surface area contributed by atoms with Crippen LogP contribution in [-0.4, -0.2) is 0 Å². The van der Waals surface area contributed by atoms with Gasteiger partial charge in [-0.15, -0.1) is 0 Å². The van der Waals surface area contributed by atoms with Crippen LogP contribution >= 0.6 is 0 Å². The zero-order valence-corrected chi connectivity index (χ0v) is 12.5. The average Bonchev–Trinajstić information content (AvgIpc) is 2.94. The van der Waals surface area contributed by atoms with E-state index in [4.69, 9.17) is 10.2 Å². The van der Waals surface area contributed by atoms with Crippen molar-refractivity contribution in [1.82, 2.24) is 0 Å². The molecule has 1 aliphatic rings. The minimum Gasteiger partial charge on any atom is -0.464 e. The summed E-state index contributed by atoms with van der Waals surface area (Å²) in [6.07, 6.45) is 10.4. The van der Waals surface area contributed by atoms with Gasteiger partial charge in [0.2, 0.25) is 0 Å². The van der Waals surface area contributed by atoms with Crippen LogP contribution in [0.3, 0.4) is 0 Å². The van der Waals surface area contributed by atoms with E-state index in [1.807, 2.05) is 0 Å². The summed E-state index contributed by atoms with van der Waals surface area (Å²) < 4.78 is 5.81. The van der Waals surface area contributed by atoms with Gasteiger partial charge in [-0.05, 0) is 36.8 Å². The summed E-state index contributed by atoms with van der Waals surface area (Å²) in [6.45, 7) is 4.40. The third-order valence-electron chi connectivity index (χ3n) is 4.72. The molecule has 1 fully saturated rings. The van der Waals surface area contributed by atoms with Gasteiger partial charge in [-0.1, -0.05) is 46.0 Å². The highest BCUT2D eigenvalue weighted by Crippen LogP contribution is 2.37. The Kier molecular flexibility index (Phi) is 5.50. The van der Waals surface area contributed by atoms with Gasteiger partial charge >= 0.3 is 0 Å². The fourth-order valence-corrected chi connectivity index (χ4v) is 3.32. The van der Waals surface area contributed by atoms with Crippen LogP contribution in [0.5, 0.6) is 0 Å². The van der Waals surface area contributed by atoms with Gasteiger partial charge in [0.25, 0.3) is 0 Å². The van der Waals surface area contributed by atoms with Gasteiger partial charge < -0.3 is 10.2 Å². The zero-order chi connectivity index (χ0) is 13.7. The number of unbranched alkanes of at least 4 members (excludes halogenated alkanes) is 1. The smallest absolute Gasteiger partial charge is 0.121 e. The van der Waals surface area contributed by atoms with Gasteiger partial charge in [0.05, 0.1) is 6.04 Å². The highest BCUT2D eigenvalue weighted by molar-refractivity contribution is 5.11. The number of rotatable bonds is 6. The molecule has 0 aromatic carbocycles. The van der Waals surface area contributed by atoms with Crippen molar-refractivity contribution in [3.63, 3.8) is 0 Å². The molecule has 2 rings (SSSR count). The maximum atomic E-state index is 6.39. The topological polar surface area (TPSA) is 39.2 Å². The van der Waals surface area contributed by atoms with Crippen molar-refractivity contribution in [3.8, 4) is 0 Å². The van der Waals surface area contributed by atoms with E-state index in [1.54, 1.807) is 0 Å². The van der Waals surface area contributed by atoms with Crippen LogP contribution in [0.15, 0.2) is 16.5 Å². The Hall–Kier alpha value is -0.760. The molecule has 1 atom stereocenters. The Morgan fingerprint density at radius 3 is 2.53 bits per heavy atom. The Bertz CT molecular complexity index is 363. The molecule has 0 radical (unpaired) electrons. The van der Waals surface area contributed by atoms with Crippen LogP contribution in [0.25, 0.3) is 0 Å². The molecule has 0 amide bonds. The first-order valence-electron chi connectivity index (χ1n) is 8.08. The minimum atomic E-state index is 0.104. The Balaban J connectivity index is 1.83. The summed E-state index contributed by atoms with van der Waals surface area (Å²) in [5.74, 6) is 3.62. The third kappa shape index (κ3) is 3.85. The fraction of sp³-hybridized carbons (Fsp3) is 0.765. The Labute approximate surface area is 117 Å². The molecular formula is C17H29NO. The zero-order valence-electron chi connectivity index (χ0n) is 12.5. The molecule has 2 heteroatoms. The second-order valence-corrected chi connectivity index (χ2v) is 6.11. The van der Waals surface area contributed by atoms with Gasteiger partial charge in [-0.3, -0.25) is 0 Å². The van der Waals surface area contributed by atoms with E-state index in [1.165, 1.54) is 44.9 Å². The Morgan fingerprint density at radius 2 is 1.95 bits per heavy atom. The lowest BCUT2D eigenvalue weighted by Crippen LogP contribution is -2.25. The molecule has 0 aliphatic heterocycles. The first kappa shape index (κ1) is 14.6. The van der Waals surface area contributed by atoms with E-state index in [0.717, 1.165) is 23.9 Å². The molecule has 1 heterocycles. The lowest BCUT2D eigenvalue weighted by molar-refractivity contribution is 0.218. The van der Waals surface area contributed by atoms with Crippen LogP contribution in [0.2, 0.25) is 0 Å². The largest absolute Gasteiger partial charge is 0.464 e. The third-order valence-corrected chi connectivity index (χ3v) is 4.72. The SMILES string of the molecule is CCCCC1CCC(C(N)c2ccc(CC)o2)CC1. The average molecular weight is 263 g/mol. The number of aryl methyl sites for hydroxylation is 1. The summed E-state index contributed by atoms with van der Waals surface area (Å²) in [5, 5.41) is 0. The molecule has 1 saturated carbocycles. The van der Waals surface area contributed by atoms with Crippen LogP contribution in [0, 0.1) is 11.8 Å². The molecule has 0 bridgehead atoms. The van der Waals surface area contributed by atoms with Crippen molar-refractivity contribution in [2.75, 3.05) is 0 Å². The van der Waals surface area contributed by atoms with Crippen LogP contribution in [0.1, 0.15) is 76.4 Å². The van der Waals surface area contributed by atoms with E-state index in [0.29, 0.717) is 5.92 Å². The van der Waals surface area contributed by atoms with Crippen molar-refractivity contribution in [2.45, 2.75) is 71.3 Å². The minimum absolute atomic E-state index is 0.104. The predicted octanol–water partition coefficient (Wildman–Crippen LogP) is 4.84.